The van der Waals surface area contributed by atoms with Gasteiger partial charge in [-0.25, -0.2) is 18.2 Å². The Morgan fingerprint density at radius 2 is 1.93 bits per heavy atom. The van der Waals surface area contributed by atoms with Crippen LogP contribution in [0.25, 0.3) is 28.2 Å². The van der Waals surface area contributed by atoms with Gasteiger partial charge in [0, 0.05) is 18.4 Å². The van der Waals surface area contributed by atoms with Gasteiger partial charge in [0.25, 0.3) is 0 Å². The zero-order valence-electron chi connectivity index (χ0n) is 15.5. The topological polar surface area (TPSA) is 37.9 Å². The van der Waals surface area contributed by atoms with Gasteiger partial charge < -0.3 is 9.72 Å². The fourth-order valence-electron chi connectivity index (χ4n) is 3.66. The van der Waals surface area contributed by atoms with Crippen LogP contribution in [-0.4, -0.2) is 23.0 Å². The minimum atomic E-state index is -2.52. The number of hydrogen-bond donors (Lipinski definition) is 1. The van der Waals surface area contributed by atoms with Gasteiger partial charge in [-0.1, -0.05) is 12.1 Å². The molecule has 0 amide bonds. The van der Waals surface area contributed by atoms with E-state index < -0.39 is 5.92 Å². The number of nitrogens with zero attached hydrogens (tertiary/aromatic N) is 1. The fraction of sp³-hybridized carbons (Fsp3) is 0.318. The smallest absolute Gasteiger partial charge is 0.248 e. The molecule has 2 aromatic carbocycles. The Morgan fingerprint density at radius 3 is 2.68 bits per heavy atom. The van der Waals surface area contributed by atoms with Crippen molar-refractivity contribution in [3.63, 3.8) is 0 Å². The van der Waals surface area contributed by atoms with Gasteiger partial charge in [0.15, 0.2) is 0 Å². The lowest BCUT2D eigenvalue weighted by molar-refractivity contribution is -0.0410. The van der Waals surface area contributed by atoms with Crippen LogP contribution < -0.4 is 4.74 Å². The Hall–Kier alpha value is -2.76. The van der Waals surface area contributed by atoms with Crippen molar-refractivity contribution in [3.8, 4) is 16.9 Å². The largest absolute Gasteiger partial charge is 0.496 e. The van der Waals surface area contributed by atoms with Gasteiger partial charge in [-0.2, -0.15) is 0 Å². The first-order valence-corrected chi connectivity index (χ1v) is 9.33. The van der Waals surface area contributed by atoms with Crippen LogP contribution in [0.4, 0.5) is 13.2 Å². The quantitative estimate of drug-likeness (QED) is 0.578. The van der Waals surface area contributed by atoms with Gasteiger partial charge in [0.05, 0.1) is 18.1 Å². The Labute approximate surface area is 161 Å². The Morgan fingerprint density at radius 1 is 1.14 bits per heavy atom. The predicted octanol–water partition coefficient (Wildman–Crippen LogP) is 6.22. The lowest BCUT2D eigenvalue weighted by Crippen LogP contribution is -2.23. The van der Waals surface area contributed by atoms with Crippen LogP contribution in [0, 0.1) is 11.7 Å². The number of rotatable bonds is 4. The maximum atomic E-state index is 13.7. The highest BCUT2D eigenvalue weighted by Gasteiger charge is 2.33. The summed E-state index contributed by atoms with van der Waals surface area (Å²) >= 11 is 0. The summed E-state index contributed by atoms with van der Waals surface area (Å²) < 4.78 is 45.5. The van der Waals surface area contributed by atoms with E-state index >= 15 is 0 Å². The highest BCUT2D eigenvalue weighted by atomic mass is 19.3. The van der Waals surface area contributed by atoms with Crippen molar-refractivity contribution in [2.75, 3.05) is 7.11 Å². The van der Waals surface area contributed by atoms with Crippen molar-refractivity contribution in [2.24, 2.45) is 5.92 Å². The number of H-pyrrole nitrogens is 1. The third kappa shape index (κ3) is 3.91. The SMILES string of the molecule is COc1ccc(F)cc1-c1ccc2[nH]c(C=CC3CCC(F)(F)CC3)nc2c1. The maximum Gasteiger partial charge on any atom is 0.248 e. The van der Waals surface area contributed by atoms with Gasteiger partial charge >= 0.3 is 0 Å². The first kappa shape index (κ1) is 18.6. The molecule has 28 heavy (non-hydrogen) atoms. The van der Waals surface area contributed by atoms with Gasteiger partial charge in [-0.05, 0) is 60.7 Å². The minimum Gasteiger partial charge on any atom is -0.496 e. The van der Waals surface area contributed by atoms with Crippen molar-refractivity contribution >= 4 is 17.1 Å². The number of imidazole rings is 1. The maximum absolute atomic E-state index is 13.7. The summed E-state index contributed by atoms with van der Waals surface area (Å²) in [5.74, 6) is -1.43. The molecule has 3 aromatic rings. The van der Waals surface area contributed by atoms with Crippen molar-refractivity contribution < 1.29 is 17.9 Å². The molecule has 1 saturated carbocycles. The van der Waals surface area contributed by atoms with Crippen molar-refractivity contribution in [1.29, 1.82) is 0 Å². The highest BCUT2D eigenvalue weighted by Crippen LogP contribution is 2.37. The lowest BCUT2D eigenvalue weighted by atomic mass is 9.86. The number of allylic oxidation sites excluding steroid dienone is 1. The van der Waals surface area contributed by atoms with E-state index in [-0.39, 0.29) is 24.6 Å². The number of methoxy groups -OCH3 is 1. The van der Waals surface area contributed by atoms with Gasteiger partial charge in [0.2, 0.25) is 5.92 Å². The number of benzene rings is 2. The van der Waals surface area contributed by atoms with Crippen LogP contribution >= 0.6 is 0 Å². The molecule has 0 atom stereocenters. The van der Waals surface area contributed by atoms with Crippen molar-refractivity contribution in [3.05, 3.63) is 54.1 Å². The summed E-state index contributed by atoms with van der Waals surface area (Å²) in [6, 6.07) is 10.0. The molecule has 0 aliphatic heterocycles. The van der Waals surface area contributed by atoms with Gasteiger partial charge in [0.1, 0.15) is 17.4 Å². The van der Waals surface area contributed by atoms with Crippen LogP contribution in [0.1, 0.15) is 31.5 Å². The second-order valence-electron chi connectivity index (χ2n) is 7.25. The van der Waals surface area contributed by atoms with E-state index in [1.807, 2.05) is 30.4 Å². The number of aromatic nitrogens is 2. The van der Waals surface area contributed by atoms with Crippen LogP contribution in [0.5, 0.6) is 5.75 Å². The van der Waals surface area contributed by atoms with E-state index in [4.69, 9.17) is 4.74 Å². The number of nitrogens with one attached hydrogen (secondary N) is 1. The molecule has 0 saturated heterocycles. The molecule has 0 spiro atoms. The third-order valence-electron chi connectivity index (χ3n) is 5.26. The zero-order valence-corrected chi connectivity index (χ0v) is 15.5. The molecule has 0 unspecified atom stereocenters. The van der Waals surface area contributed by atoms with E-state index in [9.17, 15) is 13.2 Å². The third-order valence-corrected chi connectivity index (χ3v) is 5.26. The standard InChI is InChI=1S/C22H21F3N2O/c1-28-20-6-4-16(23)13-17(20)15-3-5-18-19(12-15)27-21(26-18)7-2-14-8-10-22(24,25)11-9-14/h2-7,12-14H,8-11H2,1H3,(H,26,27). The monoisotopic (exact) mass is 386 g/mol. The number of aromatic amines is 1. The molecule has 1 aliphatic rings. The van der Waals surface area contributed by atoms with E-state index in [1.54, 1.807) is 13.2 Å². The Kier molecular flexibility index (Phi) is 4.87. The molecule has 1 aromatic heterocycles. The molecule has 146 valence electrons. The molecule has 1 aliphatic carbocycles. The molecular weight excluding hydrogens is 365 g/mol. The number of halogens is 3. The molecule has 0 radical (unpaired) electrons. The summed E-state index contributed by atoms with van der Waals surface area (Å²) in [5.41, 5.74) is 3.07. The van der Waals surface area contributed by atoms with E-state index in [2.05, 4.69) is 9.97 Å². The lowest BCUT2D eigenvalue weighted by Gasteiger charge is -2.26. The van der Waals surface area contributed by atoms with Crippen LogP contribution in [-0.2, 0) is 0 Å². The van der Waals surface area contributed by atoms with Crippen molar-refractivity contribution in [1.82, 2.24) is 9.97 Å². The summed E-state index contributed by atoms with van der Waals surface area (Å²) in [6.45, 7) is 0. The molecule has 1 fully saturated rings. The Bertz CT molecular complexity index is 1020. The summed E-state index contributed by atoms with van der Waals surface area (Å²) in [6.07, 6.45) is 4.70. The summed E-state index contributed by atoms with van der Waals surface area (Å²) in [4.78, 5) is 7.78. The average Bonchev–Trinajstić information content (AvgIpc) is 3.09. The molecule has 6 heteroatoms. The zero-order chi connectivity index (χ0) is 19.7. The number of fused-ring (bicyclic) bond motifs is 1. The second-order valence-corrected chi connectivity index (χ2v) is 7.25. The van der Waals surface area contributed by atoms with Gasteiger partial charge in [-0.15, -0.1) is 0 Å². The number of ether oxygens (including phenoxy) is 1. The average molecular weight is 386 g/mol. The molecule has 3 nitrogen and oxygen atoms in total. The molecule has 1 heterocycles. The number of hydrogen-bond acceptors (Lipinski definition) is 2. The number of alkyl halides is 2. The fourth-order valence-corrected chi connectivity index (χ4v) is 3.66. The first-order valence-electron chi connectivity index (χ1n) is 9.33. The molecule has 0 bridgehead atoms. The summed E-state index contributed by atoms with van der Waals surface area (Å²) in [7, 11) is 1.55. The molecule has 1 N–H and O–H groups in total. The van der Waals surface area contributed by atoms with E-state index in [1.165, 1.54) is 12.1 Å². The van der Waals surface area contributed by atoms with Crippen LogP contribution in [0.3, 0.4) is 0 Å². The van der Waals surface area contributed by atoms with Crippen LogP contribution in [0.2, 0.25) is 0 Å². The second kappa shape index (κ2) is 7.34. The van der Waals surface area contributed by atoms with E-state index in [0.29, 0.717) is 30.0 Å². The first-order chi connectivity index (χ1) is 13.4. The minimum absolute atomic E-state index is 0.0546. The Balaban J connectivity index is 1.57. The normalized spacial score (nSPS) is 17.4. The van der Waals surface area contributed by atoms with Crippen LogP contribution in [0.15, 0.2) is 42.5 Å². The molecule has 4 rings (SSSR count). The highest BCUT2D eigenvalue weighted by molar-refractivity contribution is 5.84. The molecular formula is C22H21F3N2O. The summed E-state index contributed by atoms with van der Waals surface area (Å²) in [5, 5.41) is 0. The van der Waals surface area contributed by atoms with Gasteiger partial charge in [-0.3, -0.25) is 0 Å². The van der Waals surface area contributed by atoms with E-state index in [0.717, 1.165) is 16.6 Å². The van der Waals surface area contributed by atoms with Crippen molar-refractivity contribution in [2.45, 2.75) is 31.6 Å². The predicted molar refractivity (Wildman–Crippen MR) is 104 cm³/mol.